The van der Waals surface area contributed by atoms with Gasteiger partial charge in [0.1, 0.15) is 5.70 Å². The van der Waals surface area contributed by atoms with E-state index in [1.54, 1.807) is 38.3 Å². The number of ether oxygens (including phenoxy) is 2. The Kier molecular flexibility index (Phi) is 5.94. The molecule has 0 unspecified atom stereocenters. The number of anilines is 1. The zero-order chi connectivity index (χ0) is 22.7. The van der Waals surface area contributed by atoms with E-state index in [4.69, 9.17) is 9.47 Å². The molecule has 0 radical (unpaired) electrons. The van der Waals surface area contributed by atoms with Crippen molar-refractivity contribution in [2.45, 2.75) is 6.54 Å². The van der Waals surface area contributed by atoms with Crippen molar-refractivity contribution in [1.29, 1.82) is 0 Å². The second-order valence-electron chi connectivity index (χ2n) is 7.37. The summed E-state index contributed by atoms with van der Waals surface area (Å²) in [5.74, 6) is 0.466. The van der Waals surface area contributed by atoms with Crippen molar-refractivity contribution in [2.75, 3.05) is 26.2 Å². The summed E-state index contributed by atoms with van der Waals surface area (Å²) in [6.07, 6.45) is 0. The molecule has 6 heteroatoms. The standard InChI is InChI=1S/C26H24N2O4/c1-27(20-12-8-5-9-13-20)24-23(19-10-6-4-7-11-19)25(29)28(26(24)30)17-18-14-15-21(31-2)22(16-18)32-3/h4-16H,17H2,1-3H3. The number of methoxy groups -OCH3 is 2. The first-order valence-electron chi connectivity index (χ1n) is 10.2. The van der Waals surface area contributed by atoms with Crippen LogP contribution >= 0.6 is 0 Å². The van der Waals surface area contributed by atoms with Gasteiger partial charge in [0.25, 0.3) is 11.8 Å². The molecule has 1 heterocycles. The highest BCUT2D eigenvalue weighted by molar-refractivity contribution is 6.36. The van der Waals surface area contributed by atoms with Crippen LogP contribution in [0.1, 0.15) is 11.1 Å². The average Bonchev–Trinajstić information content (AvgIpc) is 3.09. The third-order valence-electron chi connectivity index (χ3n) is 5.47. The van der Waals surface area contributed by atoms with Gasteiger partial charge in [-0.3, -0.25) is 14.5 Å². The number of nitrogens with zero attached hydrogens (tertiary/aromatic N) is 2. The van der Waals surface area contributed by atoms with Crippen LogP contribution in [0.4, 0.5) is 5.69 Å². The maximum absolute atomic E-state index is 13.5. The molecular formula is C26H24N2O4. The number of hydrogen-bond donors (Lipinski definition) is 0. The Morgan fingerprint density at radius 2 is 1.41 bits per heavy atom. The van der Waals surface area contributed by atoms with Crippen LogP contribution in [0, 0.1) is 0 Å². The van der Waals surface area contributed by atoms with Crippen LogP contribution in [-0.4, -0.2) is 38.0 Å². The van der Waals surface area contributed by atoms with Crippen molar-refractivity contribution in [2.24, 2.45) is 0 Å². The van der Waals surface area contributed by atoms with Gasteiger partial charge in [-0.05, 0) is 35.4 Å². The Balaban J connectivity index is 1.74. The fourth-order valence-electron chi connectivity index (χ4n) is 3.83. The van der Waals surface area contributed by atoms with Crippen molar-refractivity contribution in [3.8, 4) is 11.5 Å². The molecule has 3 aromatic rings. The fourth-order valence-corrected chi connectivity index (χ4v) is 3.83. The van der Waals surface area contributed by atoms with Crippen LogP contribution in [0.15, 0.2) is 84.6 Å². The van der Waals surface area contributed by atoms with Crippen LogP contribution in [0.25, 0.3) is 5.57 Å². The number of carbonyl (C=O) groups is 2. The second-order valence-corrected chi connectivity index (χ2v) is 7.37. The van der Waals surface area contributed by atoms with Crippen molar-refractivity contribution in [1.82, 2.24) is 4.90 Å². The normalized spacial score (nSPS) is 13.5. The Bertz CT molecular complexity index is 1170. The van der Waals surface area contributed by atoms with Crippen molar-refractivity contribution >= 4 is 23.1 Å². The molecule has 3 aromatic carbocycles. The number of imide groups is 1. The Labute approximate surface area is 187 Å². The zero-order valence-corrected chi connectivity index (χ0v) is 18.2. The molecule has 0 fully saturated rings. The smallest absolute Gasteiger partial charge is 0.278 e. The highest BCUT2D eigenvalue weighted by Gasteiger charge is 2.41. The lowest BCUT2D eigenvalue weighted by atomic mass is 10.0. The molecule has 0 atom stereocenters. The van der Waals surface area contributed by atoms with E-state index in [-0.39, 0.29) is 18.4 Å². The lowest BCUT2D eigenvalue weighted by Gasteiger charge is -2.21. The monoisotopic (exact) mass is 428 g/mol. The van der Waals surface area contributed by atoms with Gasteiger partial charge in [-0.2, -0.15) is 0 Å². The van der Waals surface area contributed by atoms with Gasteiger partial charge in [0.2, 0.25) is 0 Å². The molecule has 1 aliphatic heterocycles. The molecule has 0 spiro atoms. The Morgan fingerprint density at radius 3 is 2.03 bits per heavy atom. The molecule has 162 valence electrons. The number of carbonyl (C=O) groups excluding carboxylic acids is 2. The van der Waals surface area contributed by atoms with Gasteiger partial charge < -0.3 is 14.4 Å². The molecule has 2 amide bonds. The number of likely N-dealkylation sites (N-methyl/N-ethyl adjacent to an activating group) is 1. The quantitative estimate of drug-likeness (QED) is 0.530. The third kappa shape index (κ3) is 3.83. The molecular weight excluding hydrogens is 404 g/mol. The summed E-state index contributed by atoms with van der Waals surface area (Å²) in [5, 5.41) is 0. The van der Waals surface area contributed by atoms with Gasteiger partial charge in [-0.1, -0.05) is 54.6 Å². The number of hydrogen-bond acceptors (Lipinski definition) is 5. The number of rotatable bonds is 7. The van der Waals surface area contributed by atoms with Crippen LogP contribution in [-0.2, 0) is 16.1 Å². The largest absolute Gasteiger partial charge is 0.493 e. The van der Waals surface area contributed by atoms with Gasteiger partial charge >= 0.3 is 0 Å². The predicted octanol–water partition coefficient (Wildman–Crippen LogP) is 4.12. The van der Waals surface area contributed by atoms with Gasteiger partial charge in [-0.15, -0.1) is 0 Å². The lowest BCUT2D eigenvalue weighted by molar-refractivity contribution is -0.137. The van der Waals surface area contributed by atoms with Gasteiger partial charge in [0.15, 0.2) is 11.5 Å². The summed E-state index contributed by atoms with van der Waals surface area (Å²) >= 11 is 0. The molecule has 0 aliphatic carbocycles. The topological polar surface area (TPSA) is 59.1 Å². The van der Waals surface area contributed by atoms with Crippen LogP contribution in [0.3, 0.4) is 0 Å². The van der Waals surface area contributed by atoms with E-state index >= 15 is 0 Å². The molecule has 6 nitrogen and oxygen atoms in total. The van der Waals surface area contributed by atoms with Gasteiger partial charge in [0, 0.05) is 12.7 Å². The Hall–Kier alpha value is -4.06. The summed E-state index contributed by atoms with van der Waals surface area (Å²) in [5.41, 5.74) is 3.04. The maximum Gasteiger partial charge on any atom is 0.278 e. The molecule has 0 saturated heterocycles. The van der Waals surface area contributed by atoms with Crippen molar-refractivity contribution in [3.63, 3.8) is 0 Å². The van der Waals surface area contributed by atoms with E-state index in [0.717, 1.165) is 11.3 Å². The van der Waals surface area contributed by atoms with E-state index in [2.05, 4.69) is 0 Å². The summed E-state index contributed by atoms with van der Waals surface area (Å²) < 4.78 is 10.7. The zero-order valence-electron chi connectivity index (χ0n) is 18.2. The van der Waals surface area contributed by atoms with Crippen LogP contribution in [0.2, 0.25) is 0 Å². The molecule has 1 aliphatic rings. The third-order valence-corrected chi connectivity index (χ3v) is 5.47. The Morgan fingerprint density at radius 1 is 0.781 bits per heavy atom. The summed E-state index contributed by atoms with van der Waals surface area (Å²) in [4.78, 5) is 30.1. The molecule has 0 bridgehead atoms. The minimum atomic E-state index is -0.338. The predicted molar refractivity (Wildman–Crippen MR) is 123 cm³/mol. The van der Waals surface area contributed by atoms with E-state index in [9.17, 15) is 9.59 Å². The summed E-state index contributed by atoms with van der Waals surface area (Å²) in [6, 6.07) is 24.2. The summed E-state index contributed by atoms with van der Waals surface area (Å²) in [6.45, 7) is 0.125. The number of para-hydroxylation sites is 1. The second kappa shape index (κ2) is 8.98. The summed E-state index contributed by atoms with van der Waals surface area (Å²) in [7, 11) is 4.92. The molecule has 32 heavy (non-hydrogen) atoms. The van der Waals surface area contributed by atoms with Gasteiger partial charge in [-0.25, -0.2) is 0 Å². The first kappa shape index (κ1) is 21.2. The molecule has 4 rings (SSSR count). The average molecular weight is 428 g/mol. The number of benzene rings is 3. The molecule has 0 saturated carbocycles. The van der Waals surface area contributed by atoms with Crippen LogP contribution in [0.5, 0.6) is 11.5 Å². The van der Waals surface area contributed by atoms with Crippen LogP contribution < -0.4 is 14.4 Å². The molecule has 0 N–H and O–H groups in total. The SMILES string of the molecule is COc1ccc(CN2C(=O)C(c3ccccc3)=C(N(C)c3ccccc3)C2=O)cc1OC. The highest BCUT2D eigenvalue weighted by atomic mass is 16.5. The lowest BCUT2D eigenvalue weighted by Crippen LogP contribution is -2.33. The first-order chi connectivity index (χ1) is 15.5. The van der Waals surface area contributed by atoms with Gasteiger partial charge in [0.05, 0.1) is 26.3 Å². The minimum Gasteiger partial charge on any atom is -0.493 e. The number of amides is 2. The van der Waals surface area contributed by atoms with E-state index in [1.165, 1.54) is 4.90 Å². The maximum atomic E-state index is 13.5. The first-order valence-corrected chi connectivity index (χ1v) is 10.2. The molecule has 0 aromatic heterocycles. The fraction of sp³-hybridized carbons (Fsp3) is 0.154. The minimum absolute atomic E-state index is 0.125. The van der Waals surface area contributed by atoms with E-state index < -0.39 is 0 Å². The van der Waals surface area contributed by atoms with E-state index in [0.29, 0.717) is 28.3 Å². The highest BCUT2D eigenvalue weighted by Crippen LogP contribution is 2.35. The van der Waals surface area contributed by atoms with Crippen molar-refractivity contribution < 1.29 is 19.1 Å². The van der Waals surface area contributed by atoms with Crippen molar-refractivity contribution in [3.05, 3.63) is 95.7 Å². The van der Waals surface area contributed by atoms with E-state index in [1.807, 2.05) is 66.7 Å².